The predicted molar refractivity (Wildman–Crippen MR) is 131 cm³/mol. The Balaban J connectivity index is 1.41. The first-order valence-corrected chi connectivity index (χ1v) is 12.6. The topological polar surface area (TPSA) is 74.8 Å². The van der Waals surface area contributed by atoms with Crippen molar-refractivity contribution in [3.8, 4) is 0 Å². The number of benzene rings is 1. The van der Waals surface area contributed by atoms with Gasteiger partial charge in [0.15, 0.2) is 0 Å². The summed E-state index contributed by atoms with van der Waals surface area (Å²) in [6.07, 6.45) is 3.47. The van der Waals surface area contributed by atoms with Crippen LogP contribution < -0.4 is 5.32 Å². The number of rotatable bonds is 5. The van der Waals surface area contributed by atoms with Gasteiger partial charge in [-0.15, -0.1) is 11.3 Å². The Kier molecular flexibility index (Phi) is 7.69. The lowest BCUT2D eigenvalue weighted by Gasteiger charge is -2.42. The number of amides is 2. The molecule has 2 aliphatic heterocycles. The zero-order chi connectivity index (χ0) is 23.5. The molecule has 178 valence electrons. The van der Waals surface area contributed by atoms with Gasteiger partial charge in [-0.25, -0.2) is 4.98 Å². The van der Waals surface area contributed by atoms with Crippen LogP contribution >= 0.6 is 22.9 Å². The van der Waals surface area contributed by atoms with Crippen LogP contribution in [0.2, 0.25) is 5.02 Å². The maximum atomic E-state index is 13.0. The first kappa shape index (κ1) is 24.1. The number of carbonyl (C=O) groups excluding carboxylic acids is 2. The van der Waals surface area contributed by atoms with Crippen LogP contribution in [0.4, 0.5) is 5.69 Å². The molecule has 2 aromatic rings. The summed E-state index contributed by atoms with van der Waals surface area (Å²) >= 11 is 7.77. The van der Waals surface area contributed by atoms with E-state index in [0.717, 1.165) is 48.7 Å². The van der Waals surface area contributed by atoms with E-state index in [-0.39, 0.29) is 23.8 Å². The summed E-state index contributed by atoms with van der Waals surface area (Å²) in [7, 11) is 0. The number of ether oxygens (including phenoxy) is 1. The van der Waals surface area contributed by atoms with Crippen molar-refractivity contribution in [2.45, 2.75) is 46.2 Å². The van der Waals surface area contributed by atoms with E-state index in [9.17, 15) is 9.59 Å². The molecule has 0 unspecified atom stereocenters. The summed E-state index contributed by atoms with van der Waals surface area (Å²) in [6, 6.07) is 3.89. The molecule has 0 spiro atoms. The lowest BCUT2D eigenvalue weighted by Crippen LogP contribution is -2.55. The molecule has 2 atom stereocenters. The van der Waals surface area contributed by atoms with Gasteiger partial charge in [-0.05, 0) is 56.9 Å². The number of hydrogen-bond acceptors (Lipinski definition) is 6. The molecular weight excluding hydrogens is 460 g/mol. The van der Waals surface area contributed by atoms with E-state index < -0.39 is 0 Å². The number of aryl methyl sites for hydroxylation is 1. The molecule has 3 heterocycles. The van der Waals surface area contributed by atoms with Crippen LogP contribution in [0.1, 0.15) is 45.6 Å². The highest BCUT2D eigenvalue weighted by molar-refractivity contribution is 7.13. The Hall–Kier alpha value is -2.00. The summed E-state index contributed by atoms with van der Waals surface area (Å²) in [5.74, 6) is 0.0462. The summed E-state index contributed by atoms with van der Waals surface area (Å²) in [5, 5.41) is 4.43. The fraction of sp³-hybridized carbons (Fsp3) is 0.542. The van der Waals surface area contributed by atoms with Gasteiger partial charge in [-0.1, -0.05) is 11.6 Å². The van der Waals surface area contributed by atoms with Crippen LogP contribution in [-0.2, 0) is 16.1 Å². The first-order valence-electron chi connectivity index (χ1n) is 11.4. The number of halogens is 1. The Morgan fingerprint density at radius 3 is 2.79 bits per heavy atom. The van der Waals surface area contributed by atoms with Gasteiger partial charge in [0.25, 0.3) is 5.91 Å². The van der Waals surface area contributed by atoms with Crippen LogP contribution in [0.25, 0.3) is 0 Å². The maximum Gasteiger partial charge on any atom is 0.267 e. The third-order valence-electron chi connectivity index (χ3n) is 6.47. The highest BCUT2D eigenvalue weighted by atomic mass is 35.5. The number of piperazine rings is 1. The highest BCUT2D eigenvalue weighted by Gasteiger charge is 2.33. The van der Waals surface area contributed by atoms with Crippen molar-refractivity contribution >= 4 is 40.4 Å². The van der Waals surface area contributed by atoms with E-state index in [0.29, 0.717) is 35.3 Å². The van der Waals surface area contributed by atoms with Gasteiger partial charge < -0.3 is 15.0 Å². The fourth-order valence-electron chi connectivity index (χ4n) is 4.59. The molecule has 0 radical (unpaired) electrons. The number of anilines is 1. The SMILES string of the molecule is Cc1ncc(C(=O)Nc2cc(Cl)cc(CN3CCN(C(=O)[C@@H]4CCCOC4)[C@@H](C)C3)c2C)s1. The Morgan fingerprint density at radius 2 is 2.12 bits per heavy atom. The lowest BCUT2D eigenvalue weighted by atomic mass is 9.99. The molecule has 1 aromatic carbocycles. The molecular formula is C24H31ClN4O3S. The molecule has 1 N–H and O–H groups in total. The van der Waals surface area contributed by atoms with Crippen molar-refractivity contribution in [3.05, 3.63) is 44.4 Å². The van der Waals surface area contributed by atoms with Gasteiger partial charge in [0.05, 0.1) is 23.7 Å². The van der Waals surface area contributed by atoms with Gasteiger partial charge in [0.1, 0.15) is 4.88 Å². The van der Waals surface area contributed by atoms with E-state index in [1.54, 1.807) is 12.3 Å². The van der Waals surface area contributed by atoms with Gasteiger partial charge in [-0.2, -0.15) is 0 Å². The summed E-state index contributed by atoms with van der Waals surface area (Å²) in [6.45, 7) is 10.3. The molecule has 2 aliphatic rings. The average molecular weight is 491 g/mol. The zero-order valence-electron chi connectivity index (χ0n) is 19.4. The molecule has 0 saturated carbocycles. The number of aromatic nitrogens is 1. The summed E-state index contributed by atoms with van der Waals surface area (Å²) < 4.78 is 5.52. The van der Waals surface area contributed by atoms with Crippen LogP contribution in [0.15, 0.2) is 18.3 Å². The average Bonchev–Trinajstić information content (AvgIpc) is 3.23. The molecule has 9 heteroatoms. The second-order valence-electron chi connectivity index (χ2n) is 8.96. The van der Waals surface area contributed by atoms with Gasteiger partial charge in [0, 0.05) is 49.5 Å². The van der Waals surface area contributed by atoms with Crippen LogP contribution in [0, 0.1) is 19.8 Å². The van der Waals surface area contributed by atoms with Crippen molar-refractivity contribution in [2.75, 3.05) is 38.2 Å². The Morgan fingerprint density at radius 1 is 1.30 bits per heavy atom. The molecule has 0 bridgehead atoms. The zero-order valence-corrected chi connectivity index (χ0v) is 21.0. The third-order valence-corrected chi connectivity index (χ3v) is 7.60. The van der Waals surface area contributed by atoms with E-state index in [1.165, 1.54) is 11.3 Å². The molecule has 4 rings (SSSR count). The van der Waals surface area contributed by atoms with Gasteiger partial charge in [0.2, 0.25) is 5.91 Å². The van der Waals surface area contributed by atoms with Crippen molar-refractivity contribution in [1.82, 2.24) is 14.8 Å². The maximum absolute atomic E-state index is 13.0. The minimum atomic E-state index is -0.177. The number of thiazole rings is 1. The smallest absolute Gasteiger partial charge is 0.267 e. The molecule has 7 nitrogen and oxygen atoms in total. The highest BCUT2D eigenvalue weighted by Crippen LogP contribution is 2.28. The van der Waals surface area contributed by atoms with Crippen LogP contribution in [-0.4, -0.2) is 65.5 Å². The normalized spacial score (nSPS) is 21.8. The van der Waals surface area contributed by atoms with E-state index in [4.69, 9.17) is 16.3 Å². The largest absolute Gasteiger partial charge is 0.381 e. The molecule has 33 heavy (non-hydrogen) atoms. The summed E-state index contributed by atoms with van der Waals surface area (Å²) in [5.41, 5.74) is 2.79. The van der Waals surface area contributed by atoms with Crippen LogP contribution in [0.3, 0.4) is 0 Å². The number of nitrogens with one attached hydrogen (secondary N) is 1. The second-order valence-corrected chi connectivity index (χ2v) is 10.6. The molecule has 1 aromatic heterocycles. The van der Waals surface area contributed by atoms with Gasteiger partial charge >= 0.3 is 0 Å². The first-order chi connectivity index (χ1) is 15.8. The van der Waals surface area contributed by atoms with E-state index >= 15 is 0 Å². The standard InChI is InChI=1S/C24H31ClN4O3S/c1-15-12-28(6-7-29(15)24(31)18-5-4-8-32-14-18)13-19-9-20(25)10-21(16(19)2)27-23(30)22-11-26-17(3)33-22/h9-11,15,18H,4-8,12-14H2,1-3H3,(H,27,30)/t15-,18+/m0/s1. The minimum absolute atomic E-state index is 0.00331. The van der Waals surface area contributed by atoms with E-state index in [2.05, 4.69) is 22.1 Å². The number of nitrogens with zero attached hydrogens (tertiary/aromatic N) is 3. The molecule has 2 saturated heterocycles. The predicted octanol–water partition coefficient (Wildman–Crippen LogP) is 4.12. The molecule has 2 amide bonds. The quantitative estimate of drug-likeness (QED) is 0.682. The number of carbonyl (C=O) groups is 2. The third kappa shape index (κ3) is 5.74. The summed E-state index contributed by atoms with van der Waals surface area (Å²) in [4.78, 5) is 34.7. The number of hydrogen-bond donors (Lipinski definition) is 1. The molecule has 2 fully saturated rings. The minimum Gasteiger partial charge on any atom is -0.381 e. The fourth-order valence-corrected chi connectivity index (χ4v) is 5.51. The van der Waals surface area contributed by atoms with Crippen molar-refractivity contribution in [3.63, 3.8) is 0 Å². The van der Waals surface area contributed by atoms with Crippen molar-refractivity contribution in [2.24, 2.45) is 5.92 Å². The second kappa shape index (κ2) is 10.5. The van der Waals surface area contributed by atoms with Crippen molar-refractivity contribution < 1.29 is 14.3 Å². The van der Waals surface area contributed by atoms with Crippen LogP contribution in [0.5, 0.6) is 0 Å². The lowest BCUT2D eigenvalue weighted by molar-refractivity contribution is -0.144. The Labute approximate surface area is 204 Å². The van der Waals surface area contributed by atoms with Crippen molar-refractivity contribution in [1.29, 1.82) is 0 Å². The monoisotopic (exact) mass is 490 g/mol. The van der Waals surface area contributed by atoms with E-state index in [1.807, 2.05) is 24.8 Å². The molecule has 0 aliphatic carbocycles. The van der Waals surface area contributed by atoms with Gasteiger partial charge in [-0.3, -0.25) is 14.5 Å². The Bertz CT molecular complexity index is 1020.